The second-order valence-corrected chi connectivity index (χ2v) is 9.71. The topological polar surface area (TPSA) is 18.5 Å². The molecule has 0 amide bonds. The van der Waals surface area contributed by atoms with Gasteiger partial charge in [0, 0.05) is 8.95 Å². The maximum atomic E-state index is 5.18. The third kappa shape index (κ3) is 7.46. The molecule has 184 valence electrons. The van der Waals surface area contributed by atoms with Gasteiger partial charge < -0.3 is 9.47 Å². The second-order valence-electron chi connectivity index (χ2n) is 7.88. The molecular weight excluding hydrogens is 576 g/mol. The van der Waals surface area contributed by atoms with Crippen LogP contribution in [0, 0.1) is 0 Å². The highest BCUT2D eigenvalue weighted by molar-refractivity contribution is 9.10. The van der Waals surface area contributed by atoms with Crippen LogP contribution in [-0.4, -0.2) is 14.2 Å². The van der Waals surface area contributed by atoms with Gasteiger partial charge in [0.25, 0.3) is 0 Å². The van der Waals surface area contributed by atoms with Crippen LogP contribution in [0.25, 0.3) is 11.1 Å². The van der Waals surface area contributed by atoms with Crippen molar-refractivity contribution in [3.05, 3.63) is 140 Å². The number of halogens is 2. The number of rotatable bonds is 6. The zero-order valence-corrected chi connectivity index (χ0v) is 24.1. The smallest absolute Gasteiger partial charge is 0.118 e. The molecule has 0 aliphatic carbocycles. The maximum absolute atomic E-state index is 5.18. The molecule has 0 unspecified atom stereocenters. The van der Waals surface area contributed by atoms with Crippen molar-refractivity contribution in [1.82, 2.24) is 0 Å². The van der Waals surface area contributed by atoms with Crippen molar-refractivity contribution in [3.8, 4) is 11.5 Å². The van der Waals surface area contributed by atoms with Crippen LogP contribution >= 0.6 is 31.9 Å². The van der Waals surface area contributed by atoms with Gasteiger partial charge in [-0.1, -0.05) is 92.5 Å². The third-order valence-electron chi connectivity index (χ3n) is 5.65. The quantitative estimate of drug-likeness (QED) is 0.218. The number of methoxy groups -OCH3 is 2. The van der Waals surface area contributed by atoms with Crippen LogP contribution in [0.3, 0.4) is 0 Å². The van der Waals surface area contributed by atoms with Crippen LogP contribution in [0.4, 0.5) is 0 Å². The van der Waals surface area contributed by atoms with Gasteiger partial charge in [0.05, 0.1) is 14.2 Å². The van der Waals surface area contributed by atoms with E-state index in [-0.39, 0.29) is 0 Å². The van der Waals surface area contributed by atoms with Gasteiger partial charge in [-0.25, -0.2) is 0 Å². The Labute approximate surface area is 231 Å². The lowest BCUT2D eigenvalue weighted by Crippen LogP contribution is -1.89. The van der Waals surface area contributed by atoms with Crippen LogP contribution in [0.15, 0.2) is 118 Å². The number of allylic oxidation sites excluding steroid dienone is 2. The van der Waals surface area contributed by atoms with Crippen molar-refractivity contribution < 1.29 is 9.47 Å². The first-order valence-electron chi connectivity index (χ1n) is 11.6. The van der Waals surface area contributed by atoms with Crippen molar-refractivity contribution in [1.29, 1.82) is 0 Å². The predicted molar refractivity (Wildman–Crippen MR) is 160 cm³/mol. The Morgan fingerprint density at radius 3 is 1.17 bits per heavy atom. The van der Waals surface area contributed by atoms with E-state index in [9.17, 15) is 0 Å². The van der Waals surface area contributed by atoms with E-state index >= 15 is 0 Å². The molecule has 4 heteroatoms. The van der Waals surface area contributed by atoms with E-state index in [2.05, 4.69) is 106 Å². The summed E-state index contributed by atoms with van der Waals surface area (Å²) in [5.41, 5.74) is 7.24. The fourth-order valence-electron chi connectivity index (χ4n) is 3.85. The molecule has 0 bridgehead atoms. The number of hydrogen-bond donors (Lipinski definition) is 0. The highest BCUT2D eigenvalue weighted by atomic mass is 79.9. The van der Waals surface area contributed by atoms with E-state index in [1.807, 2.05) is 48.5 Å². The van der Waals surface area contributed by atoms with E-state index in [1.165, 1.54) is 33.4 Å². The first-order chi connectivity index (χ1) is 17.5. The highest BCUT2D eigenvalue weighted by Crippen LogP contribution is 2.28. The summed E-state index contributed by atoms with van der Waals surface area (Å²) >= 11 is 7.02. The SMILES string of the molecule is C/C=C(/c1ccc(OC)cc1)c1cccc(Br)c1.C/C=C(\c1ccc(OC)cc1)c1cccc(Br)c1. The zero-order chi connectivity index (χ0) is 25.9. The maximum Gasteiger partial charge on any atom is 0.118 e. The first-order valence-corrected chi connectivity index (χ1v) is 13.2. The largest absolute Gasteiger partial charge is 0.497 e. The summed E-state index contributed by atoms with van der Waals surface area (Å²) < 4.78 is 12.5. The average molecular weight is 606 g/mol. The normalized spacial score (nSPS) is 11.4. The highest BCUT2D eigenvalue weighted by Gasteiger charge is 2.06. The zero-order valence-electron chi connectivity index (χ0n) is 21.0. The lowest BCUT2D eigenvalue weighted by atomic mass is 9.98. The van der Waals surface area contributed by atoms with Gasteiger partial charge in [0.15, 0.2) is 0 Å². The average Bonchev–Trinajstić information content (AvgIpc) is 2.91. The van der Waals surface area contributed by atoms with Crippen molar-refractivity contribution in [2.45, 2.75) is 13.8 Å². The van der Waals surface area contributed by atoms with Crippen molar-refractivity contribution >= 4 is 43.0 Å². The fraction of sp³-hybridized carbons (Fsp3) is 0.125. The fourth-order valence-corrected chi connectivity index (χ4v) is 4.65. The van der Waals surface area contributed by atoms with E-state index in [1.54, 1.807) is 14.2 Å². The minimum atomic E-state index is 0.878. The Morgan fingerprint density at radius 1 is 0.528 bits per heavy atom. The number of benzene rings is 4. The second kappa shape index (κ2) is 13.9. The minimum Gasteiger partial charge on any atom is -0.497 e. The van der Waals surface area contributed by atoms with Gasteiger partial charge in [0.2, 0.25) is 0 Å². The molecule has 0 atom stereocenters. The molecule has 0 spiro atoms. The van der Waals surface area contributed by atoms with Crippen LogP contribution in [0.5, 0.6) is 11.5 Å². The molecule has 4 aromatic rings. The van der Waals surface area contributed by atoms with Crippen LogP contribution in [-0.2, 0) is 0 Å². The summed E-state index contributed by atoms with van der Waals surface area (Å²) in [5, 5.41) is 0. The van der Waals surface area contributed by atoms with E-state index in [0.717, 1.165) is 20.4 Å². The molecule has 0 saturated carbocycles. The Balaban J connectivity index is 0.000000201. The van der Waals surface area contributed by atoms with E-state index in [4.69, 9.17) is 9.47 Å². The molecule has 0 radical (unpaired) electrons. The molecule has 4 aromatic carbocycles. The standard InChI is InChI=1S/2C16H15BrO/c2*1-3-16(13-5-4-6-14(17)11-13)12-7-9-15(18-2)10-8-12/h2*3-11H,1-2H3/b16-3+;16-3-. The Bertz CT molecular complexity index is 1220. The Hall–Kier alpha value is -3.08. The predicted octanol–water partition coefficient (Wildman–Crippen LogP) is 9.82. The van der Waals surface area contributed by atoms with E-state index < -0.39 is 0 Å². The minimum absolute atomic E-state index is 0.878. The number of hydrogen-bond acceptors (Lipinski definition) is 2. The molecule has 0 saturated heterocycles. The summed E-state index contributed by atoms with van der Waals surface area (Å²) in [6.45, 7) is 4.11. The van der Waals surface area contributed by atoms with Crippen LogP contribution in [0.1, 0.15) is 36.1 Å². The molecular formula is C32H30Br2O2. The van der Waals surface area contributed by atoms with Gasteiger partial charge in [-0.3, -0.25) is 0 Å². The van der Waals surface area contributed by atoms with E-state index in [0.29, 0.717) is 0 Å². The molecule has 0 aromatic heterocycles. The summed E-state index contributed by atoms with van der Waals surface area (Å²) in [5.74, 6) is 1.76. The van der Waals surface area contributed by atoms with Crippen molar-refractivity contribution in [2.75, 3.05) is 14.2 Å². The lowest BCUT2D eigenvalue weighted by molar-refractivity contribution is 0.414. The summed E-state index contributed by atoms with van der Waals surface area (Å²) in [6.07, 6.45) is 4.26. The van der Waals surface area contributed by atoms with Gasteiger partial charge in [-0.15, -0.1) is 0 Å². The monoisotopic (exact) mass is 604 g/mol. The molecule has 0 fully saturated rings. The van der Waals surface area contributed by atoms with Crippen LogP contribution < -0.4 is 9.47 Å². The molecule has 0 N–H and O–H groups in total. The first kappa shape index (κ1) is 27.5. The molecule has 2 nitrogen and oxygen atoms in total. The Morgan fingerprint density at radius 2 is 0.889 bits per heavy atom. The number of ether oxygens (including phenoxy) is 2. The van der Waals surface area contributed by atoms with Gasteiger partial charge in [0.1, 0.15) is 11.5 Å². The third-order valence-corrected chi connectivity index (χ3v) is 6.64. The summed E-state index contributed by atoms with van der Waals surface area (Å²) in [4.78, 5) is 0. The van der Waals surface area contributed by atoms with Gasteiger partial charge >= 0.3 is 0 Å². The lowest BCUT2D eigenvalue weighted by Gasteiger charge is -2.09. The van der Waals surface area contributed by atoms with Gasteiger partial charge in [-0.05, 0) is 95.8 Å². The summed E-state index contributed by atoms with van der Waals surface area (Å²) in [7, 11) is 3.36. The molecule has 0 aliphatic heterocycles. The molecule has 0 aliphatic rings. The molecule has 4 rings (SSSR count). The van der Waals surface area contributed by atoms with Crippen LogP contribution in [0.2, 0.25) is 0 Å². The van der Waals surface area contributed by atoms with Crippen molar-refractivity contribution in [3.63, 3.8) is 0 Å². The van der Waals surface area contributed by atoms with Gasteiger partial charge in [-0.2, -0.15) is 0 Å². The Kier molecular flexibility index (Phi) is 10.6. The molecule has 0 heterocycles. The van der Waals surface area contributed by atoms with Crippen molar-refractivity contribution in [2.24, 2.45) is 0 Å². The molecule has 36 heavy (non-hydrogen) atoms. The summed E-state index contributed by atoms with van der Waals surface area (Å²) in [6, 6.07) is 32.9.